The number of aromatic nitrogens is 1. The van der Waals surface area contributed by atoms with E-state index in [1.165, 1.54) is 6.08 Å². The van der Waals surface area contributed by atoms with E-state index in [1.807, 2.05) is 19.2 Å². The monoisotopic (exact) mass is 378 g/mol. The number of allylic oxidation sites excluding steroid dienone is 4. The van der Waals surface area contributed by atoms with Crippen LogP contribution in [0.2, 0.25) is 0 Å². The maximum Gasteiger partial charge on any atom is 0.416 e. The summed E-state index contributed by atoms with van der Waals surface area (Å²) in [6, 6.07) is 3.65. The van der Waals surface area contributed by atoms with E-state index in [0.717, 1.165) is 43.0 Å². The van der Waals surface area contributed by atoms with Crippen LogP contribution in [0.15, 0.2) is 47.7 Å². The fraction of sp³-hybridized carbons (Fsp3) is 0.450. The van der Waals surface area contributed by atoms with Gasteiger partial charge >= 0.3 is 6.18 Å². The highest BCUT2D eigenvalue weighted by molar-refractivity contribution is 5.70. The van der Waals surface area contributed by atoms with Crippen LogP contribution in [0.25, 0.3) is 5.57 Å². The Morgan fingerprint density at radius 2 is 1.89 bits per heavy atom. The van der Waals surface area contributed by atoms with Crippen LogP contribution in [0.5, 0.6) is 0 Å². The Hall–Kier alpha value is -1.96. The predicted molar refractivity (Wildman–Crippen MR) is 101 cm³/mol. The zero-order valence-corrected chi connectivity index (χ0v) is 15.5. The first-order valence-corrected chi connectivity index (χ1v) is 9.10. The molecule has 1 aromatic heterocycles. The molecule has 4 nitrogen and oxygen atoms in total. The molecule has 0 aromatic carbocycles. The summed E-state index contributed by atoms with van der Waals surface area (Å²) in [5, 5.41) is 0. The topological polar surface area (TPSA) is 45.4 Å². The Morgan fingerprint density at radius 1 is 1.15 bits per heavy atom. The minimum atomic E-state index is -4.36. The lowest BCUT2D eigenvalue weighted by Gasteiger charge is -2.33. The SMILES string of the molecule is CN1CCN(CC2=CC=C(c3ccnc(CN)c3)CC=C2C(F)(F)F)CC1. The van der Waals surface area contributed by atoms with Crippen LogP contribution in [0.3, 0.4) is 0 Å². The first-order chi connectivity index (χ1) is 12.9. The highest BCUT2D eigenvalue weighted by Crippen LogP contribution is 2.35. The Morgan fingerprint density at radius 3 is 2.56 bits per heavy atom. The van der Waals surface area contributed by atoms with Gasteiger partial charge in [0.1, 0.15) is 0 Å². The lowest BCUT2D eigenvalue weighted by Crippen LogP contribution is -2.45. The molecule has 1 saturated heterocycles. The van der Waals surface area contributed by atoms with Crippen molar-refractivity contribution in [1.29, 1.82) is 0 Å². The third kappa shape index (κ3) is 5.06. The summed E-state index contributed by atoms with van der Waals surface area (Å²) in [7, 11) is 2.03. The first-order valence-electron chi connectivity index (χ1n) is 9.10. The van der Waals surface area contributed by atoms with Crippen molar-refractivity contribution in [3.8, 4) is 0 Å². The van der Waals surface area contributed by atoms with Gasteiger partial charge in [0.05, 0.1) is 11.3 Å². The summed E-state index contributed by atoms with van der Waals surface area (Å²) in [6.07, 6.45) is 2.25. The number of halogens is 3. The minimum absolute atomic E-state index is 0.228. The fourth-order valence-corrected chi connectivity index (χ4v) is 3.39. The van der Waals surface area contributed by atoms with Gasteiger partial charge in [-0.25, -0.2) is 0 Å². The zero-order valence-electron chi connectivity index (χ0n) is 15.5. The third-order valence-electron chi connectivity index (χ3n) is 5.05. The van der Waals surface area contributed by atoms with Crippen molar-refractivity contribution in [2.75, 3.05) is 39.8 Å². The number of likely N-dealkylation sites (N-methyl/N-ethyl adjacent to an activating group) is 1. The molecule has 0 amide bonds. The largest absolute Gasteiger partial charge is 0.416 e. The normalized spacial score (nSPS) is 20.0. The molecule has 2 N–H and O–H groups in total. The summed E-state index contributed by atoms with van der Waals surface area (Å²) in [5.74, 6) is 0. The number of piperazine rings is 1. The molecule has 2 heterocycles. The molecule has 27 heavy (non-hydrogen) atoms. The Labute approximate surface area is 157 Å². The number of alkyl halides is 3. The van der Waals surface area contributed by atoms with Crippen LogP contribution >= 0.6 is 0 Å². The van der Waals surface area contributed by atoms with E-state index in [9.17, 15) is 13.2 Å². The average Bonchev–Trinajstić information content (AvgIpc) is 2.86. The summed E-state index contributed by atoms with van der Waals surface area (Å²) in [6.45, 7) is 3.92. The van der Waals surface area contributed by atoms with Crippen LogP contribution in [0.4, 0.5) is 13.2 Å². The van der Waals surface area contributed by atoms with Crippen LogP contribution in [-0.4, -0.2) is 60.7 Å². The van der Waals surface area contributed by atoms with E-state index >= 15 is 0 Å². The highest BCUT2D eigenvalue weighted by Gasteiger charge is 2.36. The molecule has 0 spiro atoms. The summed E-state index contributed by atoms with van der Waals surface area (Å²) >= 11 is 0. The van der Waals surface area contributed by atoms with Crippen molar-refractivity contribution >= 4 is 5.57 Å². The van der Waals surface area contributed by atoms with Gasteiger partial charge in [-0.05, 0) is 42.3 Å². The second kappa shape index (κ2) is 8.37. The smallest absolute Gasteiger partial charge is 0.325 e. The Balaban J connectivity index is 1.87. The van der Waals surface area contributed by atoms with E-state index in [2.05, 4.69) is 14.8 Å². The molecule has 1 fully saturated rings. The van der Waals surface area contributed by atoms with E-state index in [0.29, 0.717) is 18.7 Å². The number of hydrogen-bond donors (Lipinski definition) is 1. The van der Waals surface area contributed by atoms with Gasteiger partial charge in [0.15, 0.2) is 0 Å². The molecular weight excluding hydrogens is 353 g/mol. The molecule has 1 aliphatic carbocycles. The van der Waals surface area contributed by atoms with Crippen molar-refractivity contribution < 1.29 is 13.2 Å². The molecule has 1 aliphatic heterocycles. The quantitative estimate of drug-likeness (QED) is 0.875. The molecular formula is C20H25F3N4. The van der Waals surface area contributed by atoms with Crippen LogP contribution in [0, 0.1) is 0 Å². The molecule has 0 saturated carbocycles. The first kappa shape index (κ1) is 19.8. The standard InChI is InChI=1S/C20H25F3N4/c1-26-8-10-27(11-9-26)14-17-3-2-15(4-5-19(17)20(21,22)23)16-6-7-25-18(12-16)13-24/h2-3,5-7,12H,4,8-11,13-14,24H2,1H3. The van der Waals surface area contributed by atoms with E-state index < -0.39 is 11.7 Å². The molecule has 0 radical (unpaired) electrons. The van der Waals surface area contributed by atoms with Gasteiger partial charge in [-0.3, -0.25) is 9.88 Å². The van der Waals surface area contributed by atoms with Crippen molar-refractivity contribution in [1.82, 2.24) is 14.8 Å². The van der Waals surface area contributed by atoms with Gasteiger partial charge in [0.25, 0.3) is 0 Å². The lowest BCUT2D eigenvalue weighted by molar-refractivity contribution is -0.0900. The van der Waals surface area contributed by atoms with Gasteiger partial charge in [-0.2, -0.15) is 13.2 Å². The molecule has 7 heteroatoms. The molecule has 3 rings (SSSR count). The van der Waals surface area contributed by atoms with Crippen molar-refractivity contribution in [2.45, 2.75) is 19.1 Å². The average molecular weight is 378 g/mol. The van der Waals surface area contributed by atoms with Gasteiger partial charge in [-0.15, -0.1) is 0 Å². The Kier molecular flexibility index (Phi) is 6.14. The van der Waals surface area contributed by atoms with E-state index in [1.54, 1.807) is 18.3 Å². The second-order valence-electron chi connectivity index (χ2n) is 7.02. The summed E-state index contributed by atoms with van der Waals surface area (Å²) in [5.41, 5.74) is 7.85. The van der Waals surface area contributed by atoms with Crippen LogP contribution < -0.4 is 5.73 Å². The van der Waals surface area contributed by atoms with Crippen LogP contribution in [-0.2, 0) is 6.54 Å². The van der Waals surface area contributed by atoms with Crippen molar-refractivity contribution in [3.63, 3.8) is 0 Å². The molecule has 146 valence electrons. The van der Waals surface area contributed by atoms with Gasteiger partial charge in [0, 0.05) is 45.5 Å². The van der Waals surface area contributed by atoms with E-state index in [4.69, 9.17) is 5.73 Å². The number of rotatable bonds is 4. The van der Waals surface area contributed by atoms with Gasteiger partial charge in [0.2, 0.25) is 0 Å². The number of nitrogens with two attached hydrogens (primary N) is 1. The Bertz CT molecular complexity index is 757. The summed E-state index contributed by atoms with van der Waals surface area (Å²) < 4.78 is 41.0. The van der Waals surface area contributed by atoms with Crippen molar-refractivity contribution in [3.05, 3.63) is 59.0 Å². The molecule has 0 unspecified atom stereocenters. The zero-order chi connectivity index (χ0) is 19.4. The predicted octanol–water partition coefficient (Wildman–Crippen LogP) is 2.99. The summed E-state index contributed by atoms with van der Waals surface area (Å²) in [4.78, 5) is 8.43. The van der Waals surface area contributed by atoms with Gasteiger partial charge < -0.3 is 10.6 Å². The molecule has 2 aliphatic rings. The molecule has 1 aromatic rings. The molecule has 0 bridgehead atoms. The maximum atomic E-state index is 13.7. The van der Waals surface area contributed by atoms with Crippen LogP contribution in [0.1, 0.15) is 17.7 Å². The van der Waals surface area contributed by atoms with Gasteiger partial charge in [-0.1, -0.05) is 18.2 Å². The third-order valence-corrected chi connectivity index (χ3v) is 5.05. The van der Waals surface area contributed by atoms with Crippen molar-refractivity contribution in [2.24, 2.45) is 5.73 Å². The fourth-order valence-electron chi connectivity index (χ4n) is 3.39. The van der Waals surface area contributed by atoms with E-state index in [-0.39, 0.29) is 6.42 Å². The minimum Gasteiger partial charge on any atom is -0.325 e. The maximum absolute atomic E-state index is 13.7. The lowest BCUT2D eigenvalue weighted by atomic mass is 10.0. The number of pyridine rings is 1. The molecule has 0 atom stereocenters. The number of hydrogen-bond acceptors (Lipinski definition) is 4. The highest BCUT2D eigenvalue weighted by atomic mass is 19.4. The number of nitrogens with zero attached hydrogens (tertiary/aromatic N) is 3. The second-order valence-corrected chi connectivity index (χ2v) is 7.02.